The fourth-order valence-corrected chi connectivity index (χ4v) is 5.71. The first kappa shape index (κ1) is 31.8. The molecule has 3 aromatic rings. The zero-order valence-corrected chi connectivity index (χ0v) is 25.8. The Balaban J connectivity index is 1.10. The highest BCUT2D eigenvalue weighted by Gasteiger charge is 2.28. The summed E-state index contributed by atoms with van der Waals surface area (Å²) >= 11 is 0. The van der Waals surface area contributed by atoms with Gasteiger partial charge in [-0.1, -0.05) is 36.4 Å². The van der Waals surface area contributed by atoms with Crippen molar-refractivity contribution < 1.29 is 33.2 Å². The Hall–Kier alpha value is -3.63. The summed E-state index contributed by atoms with van der Waals surface area (Å²) in [7, 11) is 3.34. The number of hydrogen-bond acceptors (Lipinski definition) is 8. The van der Waals surface area contributed by atoms with Gasteiger partial charge in [0.05, 0.1) is 45.3 Å². The molecule has 0 spiro atoms. The van der Waals surface area contributed by atoms with Gasteiger partial charge in [0.1, 0.15) is 17.2 Å². The minimum atomic E-state index is -0.0342. The van der Waals surface area contributed by atoms with E-state index in [-0.39, 0.29) is 24.5 Å². The smallest absolute Gasteiger partial charge is 0.265 e. The molecule has 2 aliphatic rings. The lowest BCUT2D eigenvalue weighted by Crippen LogP contribution is -2.41. The average molecular weight is 605 g/mol. The fourth-order valence-electron chi connectivity index (χ4n) is 5.71. The van der Waals surface area contributed by atoms with Gasteiger partial charge < -0.3 is 38.6 Å². The molecule has 2 atom stereocenters. The summed E-state index contributed by atoms with van der Waals surface area (Å²) in [6.45, 7) is 5.18. The van der Waals surface area contributed by atoms with Gasteiger partial charge >= 0.3 is 0 Å². The van der Waals surface area contributed by atoms with Crippen LogP contribution in [0.15, 0.2) is 66.7 Å². The van der Waals surface area contributed by atoms with Crippen LogP contribution in [0, 0.1) is 0 Å². The predicted octanol–water partition coefficient (Wildman–Crippen LogP) is 5.11. The van der Waals surface area contributed by atoms with Crippen LogP contribution in [0.1, 0.15) is 41.9 Å². The maximum Gasteiger partial charge on any atom is 0.265 e. The number of carbonyl (C=O) groups excluding carboxylic acids is 1. The Morgan fingerprint density at radius 1 is 0.955 bits per heavy atom. The van der Waals surface area contributed by atoms with Crippen LogP contribution in [0.4, 0.5) is 5.69 Å². The third-order valence-corrected chi connectivity index (χ3v) is 8.05. The summed E-state index contributed by atoms with van der Waals surface area (Å²) in [4.78, 5) is 14.4. The van der Waals surface area contributed by atoms with Crippen molar-refractivity contribution in [3.63, 3.8) is 0 Å². The molecule has 0 aliphatic carbocycles. The van der Waals surface area contributed by atoms with Crippen LogP contribution in [0.3, 0.4) is 0 Å². The SMILES string of the molecule is COCCCN1C(=O)COc2ccc(COC3CNCCC3c3ccc(OCCCOCc4ccccc4OC)cc3)cc21. The average Bonchev–Trinajstić information content (AvgIpc) is 3.07. The van der Waals surface area contributed by atoms with Crippen molar-refractivity contribution in [3.8, 4) is 17.2 Å². The Kier molecular flexibility index (Phi) is 11.9. The molecule has 44 heavy (non-hydrogen) atoms. The number of para-hydroxylation sites is 1. The molecule has 0 bridgehead atoms. The van der Waals surface area contributed by atoms with Crippen molar-refractivity contribution >= 4 is 11.6 Å². The van der Waals surface area contributed by atoms with Gasteiger partial charge in [-0.15, -0.1) is 0 Å². The minimum absolute atomic E-state index is 0.0302. The van der Waals surface area contributed by atoms with Crippen LogP contribution >= 0.6 is 0 Å². The quantitative estimate of drug-likeness (QED) is 0.226. The normalized spacial score (nSPS) is 18.0. The van der Waals surface area contributed by atoms with Crippen molar-refractivity contribution in [3.05, 3.63) is 83.4 Å². The number of nitrogens with one attached hydrogen (secondary N) is 1. The van der Waals surface area contributed by atoms with Crippen LogP contribution in [0.5, 0.6) is 17.2 Å². The molecule has 2 heterocycles. The molecule has 1 fully saturated rings. The summed E-state index contributed by atoms with van der Waals surface area (Å²) in [5.41, 5.74) is 4.10. The number of hydrogen-bond donors (Lipinski definition) is 1. The van der Waals surface area contributed by atoms with E-state index in [1.807, 2.05) is 54.6 Å². The highest BCUT2D eigenvalue weighted by atomic mass is 16.5. The maximum atomic E-state index is 12.6. The number of anilines is 1. The highest BCUT2D eigenvalue weighted by Crippen LogP contribution is 2.34. The molecule has 0 saturated carbocycles. The van der Waals surface area contributed by atoms with Gasteiger partial charge in [-0.05, 0) is 60.8 Å². The third kappa shape index (κ3) is 8.51. The Morgan fingerprint density at radius 2 is 1.82 bits per heavy atom. The van der Waals surface area contributed by atoms with E-state index < -0.39 is 0 Å². The first-order chi connectivity index (χ1) is 21.7. The maximum absolute atomic E-state index is 12.6. The lowest BCUT2D eigenvalue weighted by Gasteiger charge is -2.33. The number of benzene rings is 3. The summed E-state index contributed by atoms with van der Waals surface area (Å²) in [5.74, 6) is 2.67. The van der Waals surface area contributed by atoms with Crippen LogP contribution in [0.25, 0.3) is 0 Å². The van der Waals surface area contributed by atoms with Crippen LogP contribution < -0.4 is 24.4 Å². The van der Waals surface area contributed by atoms with Crippen molar-refractivity contribution in [2.24, 2.45) is 0 Å². The van der Waals surface area contributed by atoms with E-state index in [0.717, 1.165) is 66.4 Å². The van der Waals surface area contributed by atoms with Gasteiger partial charge in [0, 0.05) is 44.7 Å². The summed E-state index contributed by atoms with van der Waals surface area (Å²) < 4.78 is 34.5. The molecule has 2 aliphatic heterocycles. The van der Waals surface area contributed by atoms with Crippen molar-refractivity contribution in [2.75, 3.05) is 65.2 Å². The Morgan fingerprint density at radius 3 is 2.66 bits per heavy atom. The summed E-state index contributed by atoms with van der Waals surface area (Å²) in [6, 6.07) is 22.3. The van der Waals surface area contributed by atoms with Crippen LogP contribution in [0.2, 0.25) is 0 Å². The van der Waals surface area contributed by atoms with E-state index in [0.29, 0.717) is 39.6 Å². The molecule has 3 aromatic carbocycles. The molecule has 0 aromatic heterocycles. The standard InChI is InChI=1S/C35H44N2O7/c1-39-18-5-17-37-31-21-26(9-14-33(31)44-25-35(37)38)23-43-34-22-36-16-15-30(34)27-10-12-29(13-11-27)42-20-6-19-41-24-28-7-3-4-8-32(28)40-2/h3-4,7-14,21,30,34,36H,5-6,15-20,22-25H2,1-2H3. The van der Waals surface area contributed by atoms with Gasteiger partial charge in [0.25, 0.3) is 5.91 Å². The molecule has 0 radical (unpaired) electrons. The molecule has 5 rings (SSSR count). The van der Waals surface area contributed by atoms with Gasteiger partial charge in [-0.3, -0.25) is 4.79 Å². The van der Waals surface area contributed by atoms with Crippen molar-refractivity contribution in [1.29, 1.82) is 0 Å². The minimum Gasteiger partial charge on any atom is -0.496 e. The highest BCUT2D eigenvalue weighted by molar-refractivity contribution is 5.97. The number of nitrogens with zero attached hydrogens (tertiary/aromatic N) is 1. The molecular weight excluding hydrogens is 560 g/mol. The lowest BCUT2D eigenvalue weighted by atomic mass is 9.87. The van der Waals surface area contributed by atoms with Gasteiger partial charge in [-0.2, -0.15) is 0 Å². The van der Waals surface area contributed by atoms with E-state index in [9.17, 15) is 4.79 Å². The number of methoxy groups -OCH3 is 2. The number of rotatable bonds is 16. The molecule has 1 saturated heterocycles. The van der Waals surface area contributed by atoms with E-state index in [1.54, 1.807) is 19.1 Å². The summed E-state index contributed by atoms with van der Waals surface area (Å²) in [5, 5.41) is 3.48. The van der Waals surface area contributed by atoms with Crippen LogP contribution in [-0.2, 0) is 32.2 Å². The summed E-state index contributed by atoms with van der Waals surface area (Å²) in [6.07, 6.45) is 2.59. The predicted molar refractivity (Wildman–Crippen MR) is 169 cm³/mol. The zero-order valence-electron chi connectivity index (χ0n) is 25.8. The molecule has 9 nitrogen and oxygen atoms in total. The van der Waals surface area contributed by atoms with Crippen molar-refractivity contribution in [1.82, 2.24) is 5.32 Å². The topological polar surface area (TPSA) is 87.7 Å². The first-order valence-corrected chi connectivity index (χ1v) is 15.5. The molecule has 1 amide bonds. The monoisotopic (exact) mass is 604 g/mol. The largest absolute Gasteiger partial charge is 0.496 e. The molecule has 9 heteroatoms. The van der Waals surface area contributed by atoms with E-state index in [4.69, 9.17) is 28.4 Å². The zero-order chi connectivity index (χ0) is 30.6. The number of piperidine rings is 1. The second-order valence-electron chi connectivity index (χ2n) is 11.1. The first-order valence-electron chi connectivity index (χ1n) is 15.5. The van der Waals surface area contributed by atoms with Crippen LogP contribution in [-0.4, -0.2) is 72.3 Å². The Bertz CT molecular complexity index is 1330. The second kappa shape index (κ2) is 16.4. The van der Waals surface area contributed by atoms with Gasteiger partial charge in [0.2, 0.25) is 0 Å². The number of amides is 1. The van der Waals surface area contributed by atoms with E-state index >= 15 is 0 Å². The molecular formula is C35H44N2O7. The molecule has 2 unspecified atom stereocenters. The van der Waals surface area contributed by atoms with Crippen molar-refractivity contribution in [2.45, 2.75) is 44.5 Å². The Labute approximate surface area is 260 Å². The number of carbonyl (C=O) groups is 1. The molecule has 236 valence electrons. The fraction of sp³-hybridized carbons (Fsp3) is 0.457. The van der Waals surface area contributed by atoms with E-state index in [1.165, 1.54) is 5.56 Å². The third-order valence-electron chi connectivity index (χ3n) is 8.05. The second-order valence-corrected chi connectivity index (χ2v) is 11.1. The van der Waals surface area contributed by atoms with Gasteiger partial charge in [0.15, 0.2) is 6.61 Å². The number of fused-ring (bicyclic) bond motifs is 1. The van der Waals surface area contributed by atoms with E-state index in [2.05, 4.69) is 17.4 Å². The number of ether oxygens (including phenoxy) is 6. The molecule has 1 N–H and O–H groups in total. The lowest BCUT2D eigenvalue weighted by molar-refractivity contribution is -0.121. The van der Waals surface area contributed by atoms with Gasteiger partial charge in [-0.25, -0.2) is 0 Å².